The van der Waals surface area contributed by atoms with Gasteiger partial charge in [0.2, 0.25) is 0 Å². The van der Waals surface area contributed by atoms with Gasteiger partial charge in [-0.3, -0.25) is 0 Å². The van der Waals surface area contributed by atoms with Gasteiger partial charge in [-0.1, -0.05) is 6.92 Å². The van der Waals surface area contributed by atoms with Crippen molar-refractivity contribution >= 4 is 0 Å². The fourth-order valence-corrected chi connectivity index (χ4v) is 2.33. The molecule has 0 aromatic rings. The highest BCUT2D eigenvalue weighted by Gasteiger charge is 2.52. The minimum absolute atomic E-state index is 0.0997. The summed E-state index contributed by atoms with van der Waals surface area (Å²) in [4.78, 5) is 0. The third-order valence-electron chi connectivity index (χ3n) is 3.47. The van der Waals surface area contributed by atoms with Crippen LogP contribution in [0.1, 0.15) is 26.7 Å². The summed E-state index contributed by atoms with van der Waals surface area (Å²) in [5.41, 5.74) is -0.431. The second-order valence-corrected chi connectivity index (χ2v) is 4.69. The average Bonchev–Trinajstić information content (AvgIpc) is 2.62. The van der Waals surface area contributed by atoms with Crippen LogP contribution in [0.15, 0.2) is 0 Å². The maximum atomic E-state index is 9.19. The quantitative estimate of drug-likeness (QED) is 0.662. The maximum Gasteiger partial charge on any atom is 0.0971 e. The molecule has 2 heterocycles. The Morgan fingerprint density at radius 3 is 2.69 bits per heavy atom. The first kappa shape index (κ1) is 9.44. The van der Waals surface area contributed by atoms with Gasteiger partial charge in [0, 0.05) is 5.92 Å². The van der Waals surface area contributed by atoms with Gasteiger partial charge in [0.05, 0.1) is 31.0 Å². The minimum atomic E-state index is -0.331. The average molecular weight is 186 g/mol. The molecule has 2 rings (SSSR count). The predicted molar refractivity (Wildman–Crippen MR) is 48.5 cm³/mol. The van der Waals surface area contributed by atoms with Crippen molar-refractivity contribution in [2.45, 2.75) is 37.9 Å². The first-order valence-electron chi connectivity index (χ1n) is 4.99. The van der Waals surface area contributed by atoms with Crippen LogP contribution in [-0.4, -0.2) is 36.1 Å². The molecule has 0 amide bonds. The Kier molecular flexibility index (Phi) is 2.13. The van der Waals surface area contributed by atoms with Gasteiger partial charge in [-0.05, 0) is 19.8 Å². The van der Waals surface area contributed by atoms with E-state index in [0.29, 0.717) is 12.5 Å². The first-order valence-corrected chi connectivity index (χ1v) is 4.99. The van der Waals surface area contributed by atoms with Crippen molar-refractivity contribution in [3.63, 3.8) is 0 Å². The maximum absolute atomic E-state index is 9.19. The molecule has 2 aliphatic rings. The monoisotopic (exact) mass is 186 g/mol. The number of hydrogen-bond donors (Lipinski definition) is 1. The van der Waals surface area contributed by atoms with Gasteiger partial charge in [-0.25, -0.2) is 0 Å². The highest BCUT2D eigenvalue weighted by molar-refractivity contribution is 5.00. The van der Waals surface area contributed by atoms with Crippen LogP contribution in [0, 0.1) is 5.92 Å². The smallest absolute Gasteiger partial charge is 0.0971 e. The van der Waals surface area contributed by atoms with E-state index in [1.165, 1.54) is 0 Å². The Balaban J connectivity index is 2.11. The summed E-state index contributed by atoms with van der Waals surface area (Å²) >= 11 is 0. The van der Waals surface area contributed by atoms with Crippen LogP contribution >= 0.6 is 0 Å². The van der Waals surface area contributed by atoms with Gasteiger partial charge in [-0.2, -0.15) is 0 Å². The molecule has 0 aromatic heterocycles. The van der Waals surface area contributed by atoms with E-state index < -0.39 is 0 Å². The number of rotatable bonds is 1. The zero-order valence-corrected chi connectivity index (χ0v) is 8.38. The van der Waals surface area contributed by atoms with Crippen molar-refractivity contribution in [1.82, 2.24) is 0 Å². The van der Waals surface area contributed by atoms with Crippen LogP contribution in [0.25, 0.3) is 0 Å². The van der Waals surface area contributed by atoms with Crippen molar-refractivity contribution in [3.05, 3.63) is 0 Å². The van der Waals surface area contributed by atoms with E-state index in [4.69, 9.17) is 9.47 Å². The Morgan fingerprint density at radius 2 is 2.23 bits per heavy atom. The van der Waals surface area contributed by atoms with Crippen molar-refractivity contribution in [2.24, 2.45) is 5.92 Å². The Morgan fingerprint density at radius 1 is 1.46 bits per heavy atom. The van der Waals surface area contributed by atoms with Crippen LogP contribution in [0.3, 0.4) is 0 Å². The normalized spacial score (nSPS) is 50.5. The molecule has 2 fully saturated rings. The van der Waals surface area contributed by atoms with Gasteiger partial charge >= 0.3 is 0 Å². The molecule has 3 nitrogen and oxygen atoms in total. The molecule has 13 heavy (non-hydrogen) atoms. The fraction of sp³-hybridized carbons (Fsp3) is 1.00. The van der Waals surface area contributed by atoms with E-state index in [1.54, 1.807) is 0 Å². The molecule has 0 radical (unpaired) electrons. The zero-order chi connectivity index (χ0) is 9.53. The number of hydrogen-bond acceptors (Lipinski definition) is 3. The van der Waals surface area contributed by atoms with Crippen molar-refractivity contribution < 1.29 is 14.6 Å². The number of ether oxygens (including phenoxy) is 2. The van der Waals surface area contributed by atoms with E-state index in [-0.39, 0.29) is 17.8 Å². The summed E-state index contributed by atoms with van der Waals surface area (Å²) in [5, 5.41) is 9.19. The van der Waals surface area contributed by atoms with E-state index in [2.05, 4.69) is 6.92 Å². The van der Waals surface area contributed by atoms with Gasteiger partial charge in [-0.15, -0.1) is 0 Å². The summed E-state index contributed by atoms with van der Waals surface area (Å²) in [6.45, 7) is 5.75. The highest BCUT2D eigenvalue weighted by Crippen LogP contribution is 2.44. The molecular formula is C10H18O3. The molecule has 0 aliphatic carbocycles. The minimum Gasteiger partial charge on any atom is -0.393 e. The summed E-state index contributed by atoms with van der Waals surface area (Å²) < 4.78 is 11.4. The van der Waals surface area contributed by atoms with Gasteiger partial charge in [0.25, 0.3) is 0 Å². The SMILES string of the molecule is CC1COCC12CCC(C)(CO)O2. The molecular weight excluding hydrogens is 168 g/mol. The summed E-state index contributed by atoms with van der Waals surface area (Å²) in [6.07, 6.45) is 1.96. The molecule has 2 aliphatic heterocycles. The fourth-order valence-electron chi connectivity index (χ4n) is 2.33. The number of aliphatic hydroxyl groups is 1. The van der Waals surface area contributed by atoms with Crippen molar-refractivity contribution in [1.29, 1.82) is 0 Å². The zero-order valence-electron chi connectivity index (χ0n) is 8.38. The predicted octanol–water partition coefficient (Wildman–Crippen LogP) is 0.953. The molecule has 0 saturated carbocycles. The second kappa shape index (κ2) is 2.94. The van der Waals surface area contributed by atoms with Crippen LogP contribution < -0.4 is 0 Å². The van der Waals surface area contributed by atoms with Crippen LogP contribution in [0.4, 0.5) is 0 Å². The first-order chi connectivity index (χ1) is 6.10. The van der Waals surface area contributed by atoms with Crippen LogP contribution in [0.5, 0.6) is 0 Å². The lowest BCUT2D eigenvalue weighted by Gasteiger charge is -2.30. The van der Waals surface area contributed by atoms with Gasteiger partial charge in [0.1, 0.15) is 0 Å². The largest absolute Gasteiger partial charge is 0.393 e. The lowest BCUT2D eigenvalue weighted by Crippen LogP contribution is -2.40. The molecule has 1 spiro atoms. The second-order valence-electron chi connectivity index (χ2n) is 4.69. The standard InChI is InChI=1S/C10H18O3/c1-8-5-12-7-10(8)4-3-9(2,6-11)13-10/h8,11H,3-7H2,1-2H3. The molecule has 3 unspecified atom stereocenters. The lowest BCUT2D eigenvalue weighted by molar-refractivity contribution is -0.128. The molecule has 3 atom stereocenters. The molecule has 2 saturated heterocycles. The van der Waals surface area contributed by atoms with E-state index >= 15 is 0 Å². The Bertz CT molecular complexity index is 206. The van der Waals surface area contributed by atoms with E-state index in [9.17, 15) is 5.11 Å². The molecule has 0 bridgehead atoms. The van der Waals surface area contributed by atoms with Crippen LogP contribution in [0.2, 0.25) is 0 Å². The van der Waals surface area contributed by atoms with Crippen molar-refractivity contribution in [3.8, 4) is 0 Å². The summed E-state index contributed by atoms with van der Waals surface area (Å²) in [6, 6.07) is 0. The highest BCUT2D eigenvalue weighted by atomic mass is 16.6. The van der Waals surface area contributed by atoms with E-state index in [0.717, 1.165) is 19.4 Å². The van der Waals surface area contributed by atoms with Gasteiger partial charge in [0.15, 0.2) is 0 Å². The van der Waals surface area contributed by atoms with Crippen molar-refractivity contribution in [2.75, 3.05) is 19.8 Å². The van der Waals surface area contributed by atoms with E-state index in [1.807, 2.05) is 6.92 Å². The summed E-state index contributed by atoms with van der Waals surface area (Å²) in [7, 11) is 0. The van der Waals surface area contributed by atoms with Crippen LogP contribution in [-0.2, 0) is 9.47 Å². The summed E-state index contributed by atoms with van der Waals surface area (Å²) in [5.74, 6) is 0.459. The third-order valence-corrected chi connectivity index (χ3v) is 3.47. The topological polar surface area (TPSA) is 38.7 Å². The lowest BCUT2D eigenvalue weighted by atomic mass is 9.89. The Hall–Kier alpha value is -0.120. The molecule has 1 N–H and O–H groups in total. The molecule has 3 heteroatoms. The molecule has 0 aromatic carbocycles. The van der Waals surface area contributed by atoms with Gasteiger partial charge < -0.3 is 14.6 Å². The Labute approximate surface area is 79.0 Å². The molecule has 76 valence electrons. The number of aliphatic hydroxyl groups excluding tert-OH is 1. The third kappa shape index (κ3) is 1.39.